The Bertz CT molecular complexity index is 509. The monoisotopic (exact) mass is 310 g/mol. The lowest BCUT2D eigenvalue weighted by Gasteiger charge is -2.29. The van der Waals surface area contributed by atoms with Gasteiger partial charge < -0.3 is 4.74 Å². The van der Waals surface area contributed by atoms with Gasteiger partial charge in [0.15, 0.2) is 0 Å². The summed E-state index contributed by atoms with van der Waals surface area (Å²) in [6, 6.07) is 0. The molecule has 0 amide bonds. The van der Waals surface area contributed by atoms with Gasteiger partial charge in [-0.2, -0.15) is 5.10 Å². The molecule has 22 heavy (non-hydrogen) atoms. The Labute approximate surface area is 131 Å². The Morgan fingerprint density at radius 1 is 1.45 bits per heavy atom. The van der Waals surface area contributed by atoms with Crippen molar-refractivity contribution in [1.29, 1.82) is 0 Å². The molecule has 1 aliphatic heterocycles. The van der Waals surface area contributed by atoms with Crippen LogP contribution >= 0.6 is 0 Å². The molecule has 7 nitrogen and oxygen atoms in total. The van der Waals surface area contributed by atoms with Crippen LogP contribution in [-0.2, 0) is 11.4 Å². The SMILES string of the molecule is CCCN(C[C@@H]1CCCCO1)Cn1nc(C)c([N+](=O)[O-])c1C. The van der Waals surface area contributed by atoms with Crippen molar-refractivity contribution >= 4 is 5.69 Å². The van der Waals surface area contributed by atoms with Crippen LogP contribution in [-0.4, -0.2) is 45.4 Å². The van der Waals surface area contributed by atoms with Gasteiger partial charge in [0.05, 0.1) is 17.7 Å². The third-order valence-electron chi connectivity index (χ3n) is 4.14. The van der Waals surface area contributed by atoms with Crippen molar-refractivity contribution in [1.82, 2.24) is 14.7 Å². The van der Waals surface area contributed by atoms with Gasteiger partial charge in [0.25, 0.3) is 0 Å². The number of aryl methyl sites for hydroxylation is 1. The van der Waals surface area contributed by atoms with Crippen molar-refractivity contribution in [3.63, 3.8) is 0 Å². The second-order valence-corrected chi connectivity index (χ2v) is 5.98. The Kier molecular flexibility index (Phi) is 5.90. The summed E-state index contributed by atoms with van der Waals surface area (Å²) in [4.78, 5) is 13.0. The van der Waals surface area contributed by atoms with Crippen molar-refractivity contribution < 1.29 is 9.66 Å². The van der Waals surface area contributed by atoms with Crippen LogP contribution in [0, 0.1) is 24.0 Å². The molecule has 124 valence electrons. The van der Waals surface area contributed by atoms with Crippen LogP contribution < -0.4 is 0 Å². The average Bonchev–Trinajstić information content (AvgIpc) is 2.74. The summed E-state index contributed by atoms with van der Waals surface area (Å²) in [7, 11) is 0. The highest BCUT2D eigenvalue weighted by molar-refractivity contribution is 5.39. The molecule has 1 atom stereocenters. The molecule has 1 fully saturated rings. The van der Waals surface area contributed by atoms with Crippen LogP contribution in [0.4, 0.5) is 5.69 Å². The Morgan fingerprint density at radius 3 is 2.77 bits per heavy atom. The summed E-state index contributed by atoms with van der Waals surface area (Å²) >= 11 is 0. The molecule has 0 bridgehead atoms. The van der Waals surface area contributed by atoms with Crippen LogP contribution in [0.25, 0.3) is 0 Å². The van der Waals surface area contributed by atoms with E-state index in [2.05, 4.69) is 16.9 Å². The van der Waals surface area contributed by atoms with E-state index in [0.717, 1.165) is 39.0 Å². The maximum atomic E-state index is 11.1. The molecular weight excluding hydrogens is 284 g/mol. The molecule has 2 heterocycles. The van der Waals surface area contributed by atoms with Gasteiger partial charge in [-0.15, -0.1) is 0 Å². The van der Waals surface area contributed by atoms with E-state index >= 15 is 0 Å². The second kappa shape index (κ2) is 7.69. The molecular formula is C15H26N4O3. The van der Waals surface area contributed by atoms with E-state index in [1.54, 1.807) is 18.5 Å². The first-order valence-corrected chi connectivity index (χ1v) is 8.05. The van der Waals surface area contributed by atoms with E-state index < -0.39 is 0 Å². The predicted octanol–water partition coefficient (Wildman–Crippen LogP) is 2.65. The number of rotatable bonds is 7. The molecule has 0 spiro atoms. The van der Waals surface area contributed by atoms with Gasteiger partial charge in [-0.1, -0.05) is 6.92 Å². The first kappa shape index (κ1) is 16.9. The zero-order chi connectivity index (χ0) is 16.1. The van der Waals surface area contributed by atoms with Gasteiger partial charge in [-0.05, 0) is 46.1 Å². The summed E-state index contributed by atoms with van der Waals surface area (Å²) in [5, 5.41) is 15.4. The first-order valence-electron chi connectivity index (χ1n) is 8.05. The van der Waals surface area contributed by atoms with E-state index in [4.69, 9.17) is 4.74 Å². The highest BCUT2D eigenvalue weighted by atomic mass is 16.6. The van der Waals surface area contributed by atoms with Crippen LogP contribution in [0.5, 0.6) is 0 Å². The third-order valence-corrected chi connectivity index (χ3v) is 4.14. The lowest BCUT2D eigenvalue weighted by Crippen LogP contribution is -2.37. The smallest absolute Gasteiger partial charge is 0.312 e. The minimum absolute atomic E-state index is 0.130. The third kappa shape index (κ3) is 4.04. The first-order chi connectivity index (χ1) is 10.5. The minimum atomic E-state index is -0.345. The molecule has 0 aromatic carbocycles. The van der Waals surface area contributed by atoms with Gasteiger partial charge in [-0.25, -0.2) is 4.68 Å². The Balaban J connectivity index is 2.07. The standard InChI is InChI=1S/C15H26N4O3/c1-4-8-17(10-14-7-5-6-9-22-14)11-18-13(3)15(19(20)21)12(2)16-18/h14H,4-11H2,1-3H3/t14-/m0/s1. The van der Waals surface area contributed by atoms with Crippen LogP contribution in [0.15, 0.2) is 0 Å². The molecule has 0 aliphatic carbocycles. The van der Waals surface area contributed by atoms with Gasteiger partial charge in [0, 0.05) is 13.2 Å². The fourth-order valence-electron chi connectivity index (χ4n) is 3.05. The molecule has 0 unspecified atom stereocenters. The highest BCUT2D eigenvalue weighted by Crippen LogP contribution is 2.22. The molecule has 1 saturated heterocycles. The summed E-state index contributed by atoms with van der Waals surface area (Å²) < 4.78 is 7.55. The van der Waals surface area contributed by atoms with E-state index in [1.807, 2.05) is 0 Å². The maximum Gasteiger partial charge on any atom is 0.312 e. The molecule has 0 N–H and O–H groups in total. The normalized spacial score (nSPS) is 18.8. The Hall–Kier alpha value is -1.47. The van der Waals surface area contributed by atoms with E-state index in [1.165, 1.54) is 6.42 Å². The molecule has 1 aromatic rings. The number of ether oxygens (including phenoxy) is 1. The molecule has 1 aromatic heterocycles. The number of aromatic nitrogens is 2. The van der Waals surface area contributed by atoms with Gasteiger partial charge in [0.2, 0.25) is 0 Å². The second-order valence-electron chi connectivity index (χ2n) is 5.98. The van der Waals surface area contributed by atoms with E-state index in [0.29, 0.717) is 18.1 Å². The zero-order valence-electron chi connectivity index (χ0n) is 13.7. The lowest BCUT2D eigenvalue weighted by molar-refractivity contribution is -0.386. The van der Waals surface area contributed by atoms with Gasteiger partial charge >= 0.3 is 5.69 Å². The van der Waals surface area contributed by atoms with Crippen molar-refractivity contribution in [2.45, 2.75) is 59.2 Å². The fraction of sp³-hybridized carbons (Fsp3) is 0.800. The van der Waals surface area contributed by atoms with Crippen molar-refractivity contribution in [3.8, 4) is 0 Å². The number of nitrogens with zero attached hydrogens (tertiary/aromatic N) is 4. The molecule has 7 heteroatoms. The lowest BCUT2D eigenvalue weighted by atomic mass is 10.1. The van der Waals surface area contributed by atoms with Crippen LogP contribution in [0.1, 0.15) is 44.0 Å². The minimum Gasteiger partial charge on any atom is -0.377 e. The van der Waals surface area contributed by atoms with Gasteiger partial charge in [0.1, 0.15) is 11.4 Å². The average molecular weight is 310 g/mol. The number of nitro groups is 1. The van der Waals surface area contributed by atoms with Gasteiger partial charge in [-0.3, -0.25) is 15.0 Å². The number of hydrogen-bond acceptors (Lipinski definition) is 5. The highest BCUT2D eigenvalue weighted by Gasteiger charge is 2.24. The predicted molar refractivity (Wildman–Crippen MR) is 83.8 cm³/mol. The summed E-state index contributed by atoms with van der Waals surface area (Å²) in [6.07, 6.45) is 4.77. The van der Waals surface area contributed by atoms with Crippen molar-refractivity contribution in [2.75, 3.05) is 19.7 Å². The molecule has 0 saturated carbocycles. The van der Waals surface area contributed by atoms with E-state index in [-0.39, 0.29) is 16.7 Å². The van der Waals surface area contributed by atoms with E-state index in [9.17, 15) is 10.1 Å². The zero-order valence-corrected chi connectivity index (χ0v) is 13.7. The molecule has 0 radical (unpaired) electrons. The number of hydrogen-bond donors (Lipinski definition) is 0. The topological polar surface area (TPSA) is 73.4 Å². The fourth-order valence-corrected chi connectivity index (χ4v) is 3.05. The molecule has 1 aliphatic rings. The quantitative estimate of drug-likeness (QED) is 0.572. The molecule has 2 rings (SSSR count). The summed E-state index contributed by atoms with van der Waals surface area (Å²) in [5.41, 5.74) is 1.23. The summed E-state index contributed by atoms with van der Waals surface area (Å²) in [5.74, 6) is 0. The summed E-state index contributed by atoms with van der Waals surface area (Å²) in [6.45, 7) is 8.81. The van der Waals surface area contributed by atoms with Crippen LogP contribution in [0.2, 0.25) is 0 Å². The van der Waals surface area contributed by atoms with Crippen LogP contribution in [0.3, 0.4) is 0 Å². The maximum absolute atomic E-state index is 11.1. The largest absolute Gasteiger partial charge is 0.377 e. The Morgan fingerprint density at radius 2 is 2.23 bits per heavy atom. The van der Waals surface area contributed by atoms with Crippen molar-refractivity contribution in [3.05, 3.63) is 21.5 Å². The van der Waals surface area contributed by atoms with Crippen molar-refractivity contribution in [2.24, 2.45) is 0 Å².